The third-order valence-electron chi connectivity index (χ3n) is 4.73. The van der Waals surface area contributed by atoms with E-state index in [1.807, 2.05) is 24.3 Å². The molecule has 2 aromatic carbocycles. The minimum Gasteiger partial charge on any atom is -0.494 e. The van der Waals surface area contributed by atoms with Crippen molar-refractivity contribution in [3.63, 3.8) is 0 Å². The average Bonchev–Trinajstić information content (AvgIpc) is 3.16. The number of nitrogens with zero attached hydrogens (tertiary/aromatic N) is 4. The highest BCUT2D eigenvalue weighted by Crippen LogP contribution is 2.14. The summed E-state index contributed by atoms with van der Waals surface area (Å²) in [4.78, 5) is 22.6. The highest BCUT2D eigenvalue weighted by molar-refractivity contribution is 5.94. The predicted molar refractivity (Wildman–Crippen MR) is 121 cm³/mol. The van der Waals surface area contributed by atoms with Gasteiger partial charge in [-0.2, -0.15) is 9.78 Å². The van der Waals surface area contributed by atoms with Gasteiger partial charge in [0.05, 0.1) is 36.2 Å². The predicted octanol–water partition coefficient (Wildman–Crippen LogP) is 4.09. The van der Waals surface area contributed by atoms with Gasteiger partial charge in [0, 0.05) is 5.56 Å². The van der Waals surface area contributed by atoms with Gasteiger partial charge in [-0.05, 0) is 65.8 Å². The molecular weight excluding hydrogens is 410 g/mol. The summed E-state index contributed by atoms with van der Waals surface area (Å²) in [5.41, 5.74) is 5.35. The third kappa shape index (κ3) is 6.24. The lowest BCUT2D eigenvalue weighted by Crippen LogP contribution is -2.17. The lowest BCUT2D eigenvalue weighted by Gasteiger charge is -2.05. The fourth-order valence-corrected chi connectivity index (χ4v) is 2.89. The zero-order valence-electron chi connectivity index (χ0n) is 18.0. The van der Waals surface area contributed by atoms with E-state index in [2.05, 4.69) is 22.5 Å². The van der Waals surface area contributed by atoms with Crippen molar-refractivity contribution in [2.45, 2.75) is 33.2 Å². The molecular formula is C23H25N5O4. The average molecular weight is 435 g/mol. The molecule has 0 saturated carbocycles. The fourth-order valence-electron chi connectivity index (χ4n) is 2.89. The van der Waals surface area contributed by atoms with Crippen molar-refractivity contribution in [3.8, 4) is 5.75 Å². The van der Waals surface area contributed by atoms with Gasteiger partial charge in [0.15, 0.2) is 0 Å². The Morgan fingerprint density at radius 1 is 1.22 bits per heavy atom. The van der Waals surface area contributed by atoms with Gasteiger partial charge < -0.3 is 14.9 Å². The molecule has 0 bridgehead atoms. The summed E-state index contributed by atoms with van der Waals surface area (Å²) in [7, 11) is 0. The molecule has 3 rings (SSSR count). The van der Waals surface area contributed by atoms with Crippen molar-refractivity contribution in [1.29, 1.82) is 0 Å². The van der Waals surface area contributed by atoms with E-state index in [1.54, 1.807) is 42.1 Å². The zero-order valence-corrected chi connectivity index (χ0v) is 18.0. The number of nitro groups is 1. The number of hydrazone groups is 1. The van der Waals surface area contributed by atoms with E-state index < -0.39 is 4.92 Å². The number of nitrogens with one attached hydrogen (secondary N) is 1. The molecule has 0 aliphatic rings. The molecule has 32 heavy (non-hydrogen) atoms. The first-order chi connectivity index (χ1) is 15.5. The second-order valence-electron chi connectivity index (χ2n) is 7.23. The summed E-state index contributed by atoms with van der Waals surface area (Å²) in [6.07, 6.45) is 3.67. The molecule has 166 valence electrons. The Bertz CT molecular complexity index is 1090. The van der Waals surface area contributed by atoms with Gasteiger partial charge in [0.1, 0.15) is 5.75 Å². The van der Waals surface area contributed by atoms with Gasteiger partial charge in [-0.1, -0.05) is 25.5 Å². The van der Waals surface area contributed by atoms with E-state index in [4.69, 9.17) is 4.74 Å². The summed E-state index contributed by atoms with van der Waals surface area (Å²) < 4.78 is 7.17. The van der Waals surface area contributed by atoms with Crippen molar-refractivity contribution >= 4 is 17.9 Å². The fraction of sp³-hybridized carbons (Fsp3) is 0.261. The van der Waals surface area contributed by atoms with Crippen molar-refractivity contribution in [2.75, 3.05) is 6.61 Å². The highest BCUT2D eigenvalue weighted by atomic mass is 16.6. The van der Waals surface area contributed by atoms with Crippen LogP contribution in [0.3, 0.4) is 0 Å². The monoisotopic (exact) mass is 435 g/mol. The summed E-state index contributed by atoms with van der Waals surface area (Å²) in [5, 5.41) is 18.8. The van der Waals surface area contributed by atoms with Crippen molar-refractivity contribution < 1.29 is 14.5 Å². The Morgan fingerprint density at radius 3 is 2.56 bits per heavy atom. The number of carbonyl (C=O) groups excluding carboxylic acids is 1. The van der Waals surface area contributed by atoms with Crippen LogP contribution in [-0.4, -0.2) is 33.4 Å². The summed E-state index contributed by atoms with van der Waals surface area (Å²) in [6, 6.07) is 15.8. The Hall–Kier alpha value is -4.01. The van der Waals surface area contributed by atoms with E-state index in [1.165, 1.54) is 6.07 Å². The molecule has 9 nitrogen and oxygen atoms in total. The van der Waals surface area contributed by atoms with E-state index >= 15 is 0 Å². The molecule has 9 heteroatoms. The number of carbonyl (C=O) groups is 1. The number of hydrogen-bond donors (Lipinski definition) is 1. The third-order valence-corrected chi connectivity index (χ3v) is 4.73. The molecule has 0 atom stereocenters. The van der Waals surface area contributed by atoms with Crippen molar-refractivity contribution in [1.82, 2.24) is 15.2 Å². The number of rotatable bonds is 10. The summed E-state index contributed by atoms with van der Waals surface area (Å²) in [5.74, 6) is 0.285. The highest BCUT2D eigenvalue weighted by Gasteiger charge is 2.15. The molecule has 0 unspecified atom stereocenters. The van der Waals surface area contributed by atoms with Crippen LogP contribution in [-0.2, 0) is 6.54 Å². The van der Waals surface area contributed by atoms with Crippen LogP contribution in [0.4, 0.5) is 5.82 Å². The van der Waals surface area contributed by atoms with E-state index in [9.17, 15) is 14.9 Å². The second-order valence-corrected chi connectivity index (χ2v) is 7.23. The van der Waals surface area contributed by atoms with Crippen molar-refractivity contribution in [3.05, 3.63) is 87.1 Å². The Morgan fingerprint density at radius 2 is 1.94 bits per heavy atom. The zero-order chi connectivity index (χ0) is 22.9. The number of hydrogen-bond acceptors (Lipinski definition) is 6. The molecule has 0 aliphatic carbocycles. The van der Waals surface area contributed by atoms with Gasteiger partial charge in [-0.25, -0.2) is 5.43 Å². The van der Waals surface area contributed by atoms with E-state index in [-0.39, 0.29) is 11.7 Å². The van der Waals surface area contributed by atoms with Crippen LogP contribution >= 0.6 is 0 Å². The molecule has 0 saturated heterocycles. The Labute approximate surface area is 185 Å². The van der Waals surface area contributed by atoms with Crippen LogP contribution in [0.15, 0.2) is 59.7 Å². The summed E-state index contributed by atoms with van der Waals surface area (Å²) in [6.45, 7) is 4.94. The molecule has 1 heterocycles. The molecule has 0 spiro atoms. The van der Waals surface area contributed by atoms with E-state index in [0.717, 1.165) is 29.7 Å². The van der Waals surface area contributed by atoms with Gasteiger partial charge >= 0.3 is 5.82 Å². The second kappa shape index (κ2) is 10.9. The number of aryl methyl sites for hydroxylation is 1. The maximum atomic E-state index is 12.3. The largest absolute Gasteiger partial charge is 0.494 e. The lowest BCUT2D eigenvalue weighted by molar-refractivity contribution is -0.389. The summed E-state index contributed by atoms with van der Waals surface area (Å²) >= 11 is 0. The van der Waals surface area contributed by atoms with Crippen LogP contribution in [0.25, 0.3) is 0 Å². The first kappa shape index (κ1) is 22.7. The topological polar surface area (TPSA) is 112 Å². The van der Waals surface area contributed by atoms with Crippen LogP contribution < -0.4 is 10.2 Å². The molecule has 1 N–H and O–H groups in total. The number of ether oxygens (including phenoxy) is 1. The van der Waals surface area contributed by atoms with Gasteiger partial charge in [-0.15, -0.1) is 0 Å². The Balaban J connectivity index is 1.53. The first-order valence-corrected chi connectivity index (χ1v) is 10.3. The number of benzene rings is 2. The van der Waals surface area contributed by atoms with Gasteiger partial charge in [0.2, 0.25) is 0 Å². The number of aromatic nitrogens is 2. The molecule has 3 aromatic rings. The minimum atomic E-state index is -0.521. The SMILES string of the molecule is CCCCOc1ccc(C=NNC(=O)c2ccc(Cn3nc([N+](=O)[O-])cc3C)cc2)cc1. The number of amides is 1. The standard InChI is InChI=1S/C23H25N5O4/c1-3-4-13-32-21-11-7-18(8-12-21)15-24-25-23(29)20-9-5-19(6-10-20)16-27-17(2)14-22(26-27)28(30)31/h5-12,14-15H,3-4,13,16H2,1-2H3,(H,25,29). The van der Waals surface area contributed by atoms with E-state index in [0.29, 0.717) is 24.4 Å². The normalized spacial score (nSPS) is 10.9. The molecule has 0 radical (unpaired) electrons. The van der Waals surface area contributed by atoms with Crippen molar-refractivity contribution in [2.24, 2.45) is 5.10 Å². The number of unbranched alkanes of at least 4 members (excludes halogenated alkanes) is 1. The minimum absolute atomic E-state index is 0.185. The van der Waals surface area contributed by atoms with Crippen LogP contribution in [0.1, 0.15) is 46.9 Å². The maximum Gasteiger partial charge on any atom is 0.390 e. The maximum absolute atomic E-state index is 12.3. The van der Waals surface area contributed by atoms with Gasteiger partial charge in [0.25, 0.3) is 5.91 Å². The quantitative estimate of drug-likeness (QED) is 0.223. The smallest absolute Gasteiger partial charge is 0.390 e. The van der Waals surface area contributed by atoms with Gasteiger partial charge in [-0.3, -0.25) is 4.79 Å². The lowest BCUT2D eigenvalue weighted by atomic mass is 10.1. The first-order valence-electron chi connectivity index (χ1n) is 10.3. The molecule has 0 aliphatic heterocycles. The molecule has 0 fully saturated rings. The van der Waals surface area contributed by atoms with Crippen LogP contribution in [0.2, 0.25) is 0 Å². The van der Waals surface area contributed by atoms with Crippen LogP contribution in [0, 0.1) is 17.0 Å². The molecule has 1 aromatic heterocycles. The van der Waals surface area contributed by atoms with Crippen LogP contribution in [0.5, 0.6) is 5.75 Å². The molecule has 1 amide bonds. The Kier molecular flexibility index (Phi) is 7.69.